The summed E-state index contributed by atoms with van der Waals surface area (Å²) in [6.45, 7) is 3.81. The van der Waals surface area contributed by atoms with Crippen LogP contribution in [0.25, 0.3) is 0 Å². The Balaban J connectivity index is 1.89. The molecule has 6 heteroatoms. The molecule has 24 heavy (non-hydrogen) atoms. The fraction of sp³-hybridized carbons (Fsp3) is 0.611. The number of hydrogen-bond donors (Lipinski definition) is 1. The normalized spacial score (nSPS) is 21.9. The summed E-state index contributed by atoms with van der Waals surface area (Å²) in [6, 6.07) is 8.49. The summed E-state index contributed by atoms with van der Waals surface area (Å²) in [5.74, 6) is 0.417. The van der Waals surface area contributed by atoms with Gasteiger partial charge in [0.05, 0.1) is 0 Å². The van der Waals surface area contributed by atoms with Crippen LogP contribution in [0, 0.1) is 5.92 Å². The number of halogens is 1. The monoisotopic (exact) mass is 353 g/mol. The number of ether oxygens (including phenoxy) is 1. The maximum absolute atomic E-state index is 11.6. The van der Waals surface area contributed by atoms with Gasteiger partial charge in [-0.3, -0.25) is 9.69 Å². The van der Waals surface area contributed by atoms with Crippen molar-refractivity contribution >= 4 is 17.5 Å². The van der Waals surface area contributed by atoms with Gasteiger partial charge >= 0.3 is 0 Å². The summed E-state index contributed by atoms with van der Waals surface area (Å²) in [4.78, 5) is 16.4. The second-order valence-electron chi connectivity index (χ2n) is 6.68. The molecule has 0 spiro atoms. The molecule has 1 fully saturated rings. The Morgan fingerprint density at radius 2 is 2.08 bits per heavy atom. The lowest BCUT2D eigenvalue weighted by atomic mass is 9.90. The number of likely N-dealkylation sites (N-methyl/N-ethyl adjacent to an activating group) is 1. The highest BCUT2D eigenvalue weighted by Crippen LogP contribution is 2.22. The maximum atomic E-state index is 11.6. The highest BCUT2D eigenvalue weighted by molar-refractivity contribution is 6.30. The number of nitrogens with one attached hydrogen (secondary N) is 1. The molecule has 134 valence electrons. The molecule has 2 rings (SSSR count). The largest absolute Gasteiger partial charge is 0.375 e. The average Bonchev–Trinajstić information content (AvgIpc) is 2.56. The number of likely N-dealkylation sites (tertiary alicyclic amines) is 1. The van der Waals surface area contributed by atoms with Gasteiger partial charge < -0.3 is 15.0 Å². The zero-order valence-electron chi connectivity index (χ0n) is 14.8. The van der Waals surface area contributed by atoms with Gasteiger partial charge in [0, 0.05) is 37.8 Å². The highest BCUT2D eigenvalue weighted by Gasteiger charge is 2.30. The van der Waals surface area contributed by atoms with E-state index in [1.54, 1.807) is 0 Å². The van der Waals surface area contributed by atoms with Crippen LogP contribution in [0.3, 0.4) is 0 Å². The van der Waals surface area contributed by atoms with Crippen LogP contribution in [0.5, 0.6) is 0 Å². The first-order valence-corrected chi connectivity index (χ1v) is 8.76. The van der Waals surface area contributed by atoms with Gasteiger partial charge in [0.1, 0.15) is 6.61 Å². The molecule has 1 aromatic carbocycles. The van der Waals surface area contributed by atoms with Crippen molar-refractivity contribution < 1.29 is 9.53 Å². The van der Waals surface area contributed by atoms with Crippen molar-refractivity contribution in [2.45, 2.75) is 19.0 Å². The van der Waals surface area contributed by atoms with Gasteiger partial charge in [0.2, 0.25) is 5.91 Å². The van der Waals surface area contributed by atoms with Gasteiger partial charge in [-0.2, -0.15) is 0 Å². The Morgan fingerprint density at radius 1 is 1.38 bits per heavy atom. The van der Waals surface area contributed by atoms with Crippen LogP contribution in [0.1, 0.15) is 12.0 Å². The first kappa shape index (κ1) is 19.2. The number of nitrogens with zero attached hydrogens (tertiary/aromatic N) is 2. The first-order chi connectivity index (χ1) is 11.5. The molecule has 1 aromatic rings. The van der Waals surface area contributed by atoms with E-state index in [1.807, 2.05) is 12.1 Å². The molecule has 1 aliphatic rings. The fourth-order valence-electron chi connectivity index (χ4n) is 3.29. The molecule has 0 radical (unpaired) electrons. The summed E-state index contributed by atoms with van der Waals surface area (Å²) in [5, 5.41) is 3.76. The van der Waals surface area contributed by atoms with Crippen LogP contribution in [0.2, 0.25) is 5.02 Å². The fourth-order valence-corrected chi connectivity index (χ4v) is 3.41. The summed E-state index contributed by atoms with van der Waals surface area (Å²) in [6.07, 6.45) is 1.07. The van der Waals surface area contributed by atoms with E-state index < -0.39 is 0 Å². The molecule has 0 aliphatic carbocycles. The van der Waals surface area contributed by atoms with Crippen LogP contribution in [-0.2, 0) is 16.1 Å². The van der Waals surface area contributed by atoms with Crippen molar-refractivity contribution in [3.63, 3.8) is 0 Å². The van der Waals surface area contributed by atoms with Gasteiger partial charge in [-0.05, 0) is 50.7 Å². The molecular weight excluding hydrogens is 326 g/mol. The molecule has 2 atom stereocenters. The zero-order valence-corrected chi connectivity index (χ0v) is 15.6. The smallest absolute Gasteiger partial charge is 0.245 e. The Morgan fingerprint density at radius 3 is 2.71 bits per heavy atom. The van der Waals surface area contributed by atoms with Crippen LogP contribution >= 0.6 is 11.6 Å². The standard InChI is InChI=1S/C18H28ClN3O2/c1-21(2)17-12-22(11-14-4-6-16(19)7-5-14)9-8-15(17)10-20-18(23)13-24-3/h4-7,15,17H,8-13H2,1-3H3,(H,20,23)/t15-,17-/m1/s1. The first-order valence-electron chi connectivity index (χ1n) is 8.38. The summed E-state index contributed by atoms with van der Waals surface area (Å²) < 4.78 is 4.87. The summed E-state index contributed by atoms with van der Waals surface area (Å²) in [7, 11) is 5.76. The molecule has 1 saturated heterocycles. The van der Waals surface area contributed by atoms with E-state index >= 15 is 0 Å². The maximum Gasteiger partial charge on any atom is 0.245 e. The quantitative estimate of drug-likeness (QED) is 0.812. The Hall–Kier alpha value is -1.14. The minimum absolute atomic E-state index is 0.0430. The SMILES string of the molecule is COCC(=O)NC[C@H]1CCN(Cc2ccc(Cl)cc2)C[C@H]1N(C)C. The van der Waals surface area contributed by atoms with E-state index in [9.17, 15) is 4.79 Å². The van der Waals surface area contributed by atoms with E-state index in [0.29, 0.717) is 18.5 Å². The third-order valence-corrected chi connectivity index (χ3v) is 4.88. The number of methoxy groups -OCH3 is 1. The van der Waals surface area contributed by atoms with Crippen molar-refractivity contribution in [3.8, 4) is 0 Å². The molecule has 1 aliphatic heterocycles. The predicted octanol–water partition coefficient (Wildman–Crippen LogP) is 1.85. The molecule has 5 nitrogen and oxygen atoms in total. The van der Waals surface area contributed by atoms with Gasteiger partial charge in [0.25, 0.3) is 0 Å². The molecule has 1 N–H and O–H groups in total. The van der Waals surface area contributed by atoms with Crippen molar-refractivity contribution in [1.82, 2.24) is 15.1 Å². The van der Waals surface area contributed by atoms with Crippen molar-refractivity contribution in [2.24, 2.45) is 5.92 Å². The highest BCUT2D eigenvalue weighted by atomic mass is 35.5. The van der Waals surface area contributed by atoms with Crippen LogP contribution in [-0.4, -0.2) is 69.2 Å². The summed E-state index contributed by atoms with van der Waals surface area (Å²) >= 11 is 5.96. The Kier molecular flexibility index (Phi) is 7.49. The van der Waals surface area contributed by atoms with E-state index in [1.165, 1.54) is 12.7 Å². The minimum Gasteiger partial charge on any atom is -0.375 e. The third kappa shape index (κ3) is 5.74. The molecule has 0 unspecified atom stereocenters. The number of piperidine rings is 1. The number of rotatable bonds is 7. The zero-order chi connectivity index (χ0) is 17.5. The van der Waals surface area contributed by atoms with Gasteiger partial charge in [-0.1, -0.05) is 23.7 Å². The molecular formula is C18H28ClN3O2. The Bertz CT molecular complexity index is 522. The van der Waals surface area contributed by atoms with Gasteiger partial charge in [0.15, 0.2) is 0 Å². The van der Waals surface area contributed by atoms with E-state index in [4.69, 9.17) is 16.3 Å². The van der Waals surface area contributed by atoms with Gasteiger partial charge in [-0.25, -0.2) is 0 Å². The van der Waals surface area contributed by atoms with E-state index in [2.05, 4.69) is 41.3 Å². The van der Waals surface area contributed by atoms with E-state index in [0.717, 1.165) is 31.1 Å². The second-order valence-corrected chi connectivity index (χ2v) is 7.11. The van der Waals surface area contributed by atoms with Crippen molar-refractivity contribution in [1.29, 1.82) is 0 Å². The van der Waals surface area contributed by atoms with Gasteiger partial charge in [-0.15, -0.1) is 0 Å². The molecule has 1 heterocycles. The van der Waals surface area contributed by atoms with Crippen molar-refractivity contribution in [3.05, 3.63) is 34.9 Å². The lowest BCUT2D eigenvalue weighted by molar-refractivity contribution is -0.125. The van der Waals surface area contributed by atoms with Crippen LogP contribution < -0.4 is 5.32 Å². The molecule has 0 aromatic heterocycles. The second kappa shape index (κ2) is 9.37. The topological polar surface area (TPSA) is 44.8 Å². The van der Waals surface area contributed by atoms with Crippen LogP contribution in [0.15, 0.2) is 24.3 Å². The molecule has 1 amide bonds. The van der Waals surface area contributed by atoms with E-state index in [-0.39, 0.29) is 12.5 Å². The number of carbonyl (C=O) groups is 1. The summed E-state index contributed by atoms with van der Waals surface area (Å²) in [5.41, 5.74) is 1.28. The average molecular weight is 354 g/mol. The number of benzene rings is 1. The number of amides is 1. The molecule has 0 bridgehead atoms. The third-order valence-electron chi connectivity index (χ3n) is 4.63. The van der Waals surface area contributed by atoms with Crippen LogP contribution in [0.4, 0.5) is 0 Å². The molecule has 0 saturated carbocycles. The Labute approximate surface area is 149 Å². The lowest BCUT2D eigenvalue weighted by Crippen LogP contribution is -2.53. The number of hydrogen-bond acceptors (Lipinski definition) is 4. The number of carbonyl (C=O) groups excluding carboxylic acids is 1. The minimum atomic E-state index is -0.0430. The van der Waals surface area contributed by atoms with Crippen molar-refractivity contribution in [2.75, 3.05) is 47.4 Å². The lowest BCUT2D eigenvalue weighted by Gasteiger charge is -2.42. The predicted molar refractivity (Wildman–Crippen MR) is 97.2 cm³/mol.